The molecule has 182 valence electrons. The van der Waals surface area contributed by atoms with Crippen molar-refractivity contribution in [2.24, 2.45) is 5.10 Å². The molecular weight excluding hydrogens is 709 g/mol. The Kier molecular flexibility index (Phi) is 9.54. The van der Waals surface area contributed by atoms with Crippen LogP contribution < -0.4 is 10.3 Å². The summed E-state index contributed by atoms with van der Waals surface area (Å²) in [5.74, 6) is 0.956. The SMILES string of the molecule is O=C(CCn1c2ccc(I)cc2c2cc(I)ccc21)NN=Cc1ccc(N(CCCl)CCCl)cc1. The second-order valence-corrected chi connectivity index (χ2v) is 11.2. The molecule has 1 aromatic heterocycles. The standard InChI is InChI=1S/C26H24Cl2I2N4O/c27-10-13-33(14-11-28)21-5-1-18(2-6-21)17-31-32-26(35)9-12-34-24-7-3-19(29)15-22(24)23-16-20(30)4-8-25(23)34/h1-8,15-17H,9-14H2,(H,32,35). The van der Waals surface area contributed by atoms with Crippen LogP contribution in [0, 0.1) is 7.14 Å². The van der Waals surface area contributed by atoms with E-state index in [4.69, 9.17) is 23.2 Å². The van der Waals surface area contributed by atoms with E-state index in [1.807, 2.05) is 24.3 Å². The number of fused-ring (bicyclic) bond motifs is 3. The molecule has 35 heavy (non-hydrogen) atoms. The molecule has 0 fully saturated rings. The molecule has 0 saturated heterocycles. The Morgan fingerprint density at radius 1 is 0.914 bits per heavy atom. The first kappa shape index (κ1) is 26.5. The molecule has 0 aliphatic carbocycles. The first-order valence-electron chi connectivity index (χ1n) is 11.2. The van der Waals surface area contributed by atoms with Crippen LogP contribution in [0.5, 0.6) is 0 Å². The van der Waals surface area contributed by atoms with Crippen molar-refractivity contribution >= 4 is 108 Å². The Labute approximate surface area is 242 Å². The number of aromatic nitrogens is 1. The Bertz CT molecular complexity index is 1290. The number of aryl methyl sites for hydroxylation is 1. The molecule has 0 spiro atoms. The molecule has 1 N–H and O–H groups in total. The third-order valence-corrected chi connectivity index (χ3v) is 7.40. The second-order valence-electron chi connectivity index (χ2n) is 7.97. The third kappa shape index (κ3) is 6.61. The molecule has 0 aliphatic heterocycles. The van der Waals surface area contributed by atoms with Crippen LogP contribution in [0.1, 0.15) is 12.0 Å². The maximum atomic E-state index is 12.5. The number of benzene rings is 3. The van der Waals surface area contributed by atoms with Gasteiger partial charge in [0.1, 0.15) is 0 Å². The van der Waals surface area contributed by atoms with Gasteiger partial charge in [-0.3, -0.25) is 4.79 Å². The lowest BCUT2D eigenvalue weighted by Gasteiger charge is -2.22. The fraction of sp³-hybridized carbons (Fsp3) is 0.231. The number of rotatable bonds is 10. The number of nitrogens with one attached hydrogen (secondary N) is 1. The maximum Gasteiger partial charge on any atom is 0.241 e. The van der Waals surface area contributed by atoms with Crippen LogP contribution in [0.3, 0.4) is 0 Å². The average molecular weight is 733 g/mol. The minimum atomic E-state index is -0.126. The van der Waals surface area contributed by atoms with E-state index in [9.17, 15) is 4.79 Å². The van der Waals surface area contributed by atoms with E-state index in [0.717, 1.165) is 35.4 Å². The van der Waals surface area contributed by atoms with E-state index in [-0.39, 0.29) is 5.91 Å². The summed E-state index contributed by atoms with van der Waals surface area (Å²) < 4.78 is 4.60. The van der Waals surface area contributed by atoms with Gasteiger partial charge in [0.25, 0.3) is 0 Å². The molecule has 0 radical (unpaired) electrons. The van der Waals surface area contributed by atoms with Gasteiger partial charge in [-0.05, 0) is 99.3 Å². The van der Waals surface area contributed by atoms with Gasteiger partial charge in [-0.2, -0.15) is 5.10 Å². The van der Waals surface area contributed by atoms with E-state index >= 15 is 0 Å². The minimum Gasteiger partial charge on any atom is -0.369 e. The lowest BCUT2D eigenvalue weighted by molar-refractivity contribution is -0.121. The van der Waals surface area contributed by atoms with Crippen molar-refractivity contribution < 1.29 is 4.79 Å². The molecular formula is C26H24Cl2I2N4O. The number of hydrogen-bond donors (Lipinski definition) is 1. The quantitative estimate of drug-likeness (QED) is 0.0842. The first-order chi connectivity index (χ1) is 17.0. The summed E-state index contributed by atoms with van der Waals surface area (Å²) in [5, 5.41) is 6.57. The van der Waals surface area contributed by atoms with Crippen molar-refractivity contribution in [2.45, 2.75) is 13.0 Å². The summed E-state index contributed by atoms with van der Waals surface area (Å²) in [7, 11) is 0. The molecule has 0 bridgehead atoms. The average Bonchev–Trinajstić information content (AvgIpc) is 3.15. The summed E-state index contributed by atoms with van der Waals surface area (Å²) in [4.78, 5) is 14.7. The van der Waals surface area contributed by atoms with Gasteiger partial charge in [0.15, 0.2) is 0 Å². The highest BCUT2D eigenvalue weighted by molar-refractivity contribution is 14.1. The van der Waals surface area contributed by atoms with Crippen molar-refractivity contribution in [3.8, 4) is 0 Å². The Morgan fingerprint density at radius 2 is 1.49 bits per heavy atom. The second kappa shape index (κ2) is 12.6. The highest BCUT2D eigenvalue weighted by atomic mass is 127. The Hall–Kier alpha value is -1.56. The summed E-state index contributed by atoms with van der Waals surface area (Å²) in [6.45, 7) is 2.05. The number of carbonyl (C=O) groups excluding carboxylic acids is 1. The molecule has 0 atom stereocenters. The number of alkyl halides is 2. The zero-order chi connectivity index (χ0) is 24.8. The predicted molar refractivity (Wildman–Crippen MR) is 165 cm³/mol. The molecule has 0 unspecified atom stereocenters. The van der Waals surface area contributed by atoms with Crippen molar-refractivity contribution in [2.75, 3.05) is 29.7 Å². The molecule has 0 saturated carbocycles. The van der Waals surface area contributed by atoms with E-state index < -0.39 is 0 Å². The van der Waals surface area contributed by atoms with Crippen molar-refractivity contribution in [1.29, 1.82) is 0 Å². The Balaban J connectivity index is 1.40. The van der Waals surface area contributed by atoms with Crippen LogP contribution >= 0.6 is 68.4 Å². The van der Waals surface area contributed by atoms with Crippen LogP contribution in [-0.2, 0) is 11.3 Å². The van der Waals surface area contributed by atoms with Crippen LogP contribution in [-0.4, -0.2) is 41.5 Å². The number of hydrazone groups is 1. The van der Waals surface area contributed by atoms with Crippen LogP contribution in [0.25, 0.3) is 21.8 Å². The van der Waals surface area contributed by atoms with Crippen molar-refractivity contribution in [3.63, 3.8) is 0 Å². The summed E-state index contributed by atoms with van der Waals surface area (Å²) >= 11 is 16.5. The highest BCUT2D eigenvalue weighted by Gasteiger charge is 2.12. The third-order valence-electron chi connectivity index (χ3n) is 5.72. The minimum absolute atomic E-state index is 0.126. The van der Waals surface area contributed by atoms with Gasteiger partial charge in [-0.25, -0.2) is 5.43 Å². The fourth-order valence-electron chi connectivity index (χ4n) is 4.08. The van der Waals surface area contributed by atoms with Crippen LogP contribution in [0.15, 0.2) is 65.8 Å². The molecule has 5 nitrogen and oxygen atoms in total. The maximum absolute atomic E-state index is 12.5. The van der Waals surface area contributed by atoms with E-state index in [1.165, 1.54) is 17.9 Å². The van der Waals surface area contributed by atoms with Crippen LogP contribution in [0.2, 0.25) is 0 Å². The van der Waals surface area contributed by atoms with Gasteiger partial charge >= 0.3 is 0 Å². The van der Waals surface area contributed by atoms with Gasteiger partial charge in [0, 0.05) is 72.4 Å². The summed E-state index contributed by atoms with van der Waals surface area (Å²) in [6, 6.07) is 20.8. The highest BCUT2D eigenvalue weighted by Crippen LogP contribution is 2.31. The van der Waals surface area contributed by atoms with Crippen molar-refractivity contribution in [3.05, 3.63) is 73.4 Å². The van der Waals surface area contributed by atoms with E-state index in [0.29, 0.717) is 24.7 Å². The lowest BCUT2D eigenvalue weighted by atomic mass is 10.2. The largest absolute Gasteiger partial charge is 0.369 e. The topological polar surface area (TPSA) is 49.6 Å². The molecule has 0 aliphatic rings. The molecule has 4 aromatic rings. The zero-order valence-electron chi connectivity index (χ0n) is 18.9. The number of halogens is 4. The fourth-order valence-corrected chi connectivity index (χ4v) is 5.47. The molecule has 3 aromatic carbocycles. The Morgan fingerprint density at radius 3 is 2.03 bits per heavy atom. The number of carbonyl (C=O) groups is 1. The first-order valence-corrected chi connectivity index (χ1v) is 14.4. The normalized spacial score (nSPS) is 11.5. The number of hydrogen-bond acceptors (Lipinski definition) is 3. The summed E-state index contributed by atoms with van der Waals surface area (Å²) in [6.07, 6.45) is 1.98. The van der Waals surface area contributed by atoms with Crippen LogP contribution in [0.4, 0.5) is 5.69 Å². The number of nitrogens with zero attached hydrogens (tertiary/aromatic N) is 3. The van der Waals surface area contributed by atoms with Gasteiger partial charge in [-0.1, -0.05) is 12.1 Å². The van der Waals surface area contributed by atoms with Crippen molar-refractivity contribution in [1.82, 2.24) is 9.99 Å². The smallest absolute Gasteiger partial charge is 0.241 e. The van der Waals surface area contributed by atoms with Gasteiger partial charge in [0.05, 0.1) is 6.21 Å². The monoisotopic (exact) mass is 732 g/mol. The molecule has 4 rings (SSSR count). The molecule has 9 heteroatoms. The van der Waals surface area contributed by atoms with Gasteiger partial charge < -0.3 is 9.47 Å². The van der Waals surface area contributed by atoms with Gasteiger partial charge in [0.2, 0.25) is 5.91 Å². The molecule has 1 heterocycles. The van der Waals surface area contributed by atoms with Gasteiger partial charge in [-0.15, -0.1) is 23.2 Å². The van der Waals surface area contributed by atoms with E-state index in [2.05, 4.69) is 102 Å². The predicted octanol–water partition coefficient (Wildman–Crippen LogP) is 6.83. The zero-order valence-corrected chi connectivity index (χ0v) is 24.7. The lowest BCUT2D eigenvalue weighted by Crippen LogP contribution is -2.27. The molecule has 1 amide bonds. The number of anilines is 1. The summed E-state index contributed by atoms with van der Waals surface area (Å²) in [5.41, 5.74) is 6.88. The number of amides is 1. The van der Waals surface area contributed by atoms with E-state index in [1.54, 1.807) is 6.21 Å².